The van der Waals surface area contributed by atoms with Crippen molar-refractivity contribution in [2.75, 3.05) is 0 Å². The zero-order valence-corrected chi connectivity index (χ0v) is 16.4. The summed E-state index contributed by atoms with van der Waals surface area (Å²) in [7, 11) is -3.46. The second kappa shape index (κ2) is 8.05. The van der Waals surface area contributed by atoms with Crippen LogP contribution < -0.4 is 0 Å². The van der Waals surface area contributed by atoms with E-state index in [9.17, 15) is 8.42 Å². The van der Waals surface area contributed by atoms with Crippen molar-refractivity contribution in [2.24, 2.45) is 0 Å². The number of unbranched alkanes of at least 4 members (excludes halogenated alkanes) is 3. The molecule has 1 aliphatic rings. The van der Waals surface area contributed by atoms with Gasteiger partial charge in [0.05, 0.1) is 9.81 Å². The van der Waals surface area contributed by atoms with Crippen LogP contribution in [0.1, 0.15) is 54.9 Å². The van der Waals surface area contributed by atoms with Crippen molar-refractivity contribution in [2.45, 2.75) is 46.0 Å². The second-order valence-corrected chi connectivity index (χ2v) is 8.83. The molecular formula is C23H26O2S. The zero-order valence-electron chi connectivity index (χ0n) is 15.5. The molecule has 0 amide bonds. The van der Waals surface area contributed by atoms with Gasteiger partial charge >= 0.3 is 0 Å². The van der Waals surface area contributed by atoms with Gasteiger partial charge in [0.1, 0.15) is 0 Å². The number of aryl methyl sites for hydroxylation is 2. The average Bonchev–Trinajstić information content (AvgIpc) is 2.95. The molecule has 2 aromatic rings. The fourth-order valence-electron chi connectivity index (χ4n) is 3.26. The minimum Gasteiger partial charge on any atom is -0.218 e. The summed E-state index contributed by atoms with van der Waals surface area (Å²) in [4.78, 5) is 0.779. The van der Waals surface area contributed by atoms with Crippen LogP contribution in [0.2, 0.25) is 0 Å². The predicted octanol–water partition coefficient (Wildman–Crippen LogP) is 5.93. The molecule has 136 valence electrons. The first kappa shape index (κ1) is 18.7. The molecule has 0 radical (unpaired) electrons. The maximum Gasteiger partial charge on any atom is 0.207 e. The summed E-state index contributed by atoms with van der Waals surface area (Å²) in [5.74, 6) is 0. The molecular weight excluding hydrogens is 340 g/mol. The van der Waals surface area contributed by atoms with E-state index in [1.54, 1.807) is 12.2 Å². The molecule has 0 aliphatic carbocycles. The second-order valence-electron chi connectivity index (χ2n) is 6.94. The Hall–Kier alpha value is -2.13. The van der Waals surface area contributed by atoms with Gasteiger partial charge < -0.3 is 0 Å². The largest absolute Gasteiger partial charge is 0.218 e. The van der Waals surface area contributed by atoms with Gasteiger partial charge in [-0.15, -0.1) is 0 Å². The molecule has 0 unspecified atom stereocenters. The lowest BCUT2D eigenvalue weighted by Crippen LogP contribution is -2.02. The van der Waals surface area contributed by atoms with Gasteiger partial charge in [-0.25, -0.2) is 8.42 Å². The van der Waals surface area contributed by atoms with Gasteiger partial charge in [-0.3, -0.25) is 0 Å². The Morgan fingerprint density at radius 1 is 0.731 bits per heavy atom. The Kier molecular flexibility index (Phi) is 5.77. The molecule has 3 heteroatoms. The van der Waals surface area contributed by atoms with E-state index < -0.39 is 9.84 Å². The van der Waals surface area contributed by atoms with Crippen molar-refractivity contribution < 1.29 is 8.42 Å². The van der Waals surface area contributed by atoms with E-state index in [1.165, 1.54) is 31.2 Å². The minimum absolute atomic E-state index is 0.385. The molecule has 0 saturated heterocycles. The van der Waals surface area contributed by atoms with Crippen LogP contribution in [0.4, 0.5) is 0 Å². The first-order chi connectivity index (χ1) is 12.5. The fourth-order valence-corrected chi connectivity index (χ4v) is 4.89. The minimum atomic E-state index is -3.46. The highest BCUT2D eigenvalue weighted by atomic mass is 32.2. The molecule has 0 atom stereocenters. The molecule has 3 rings (SSSR count). The van der Waals surface area contributed by atoms with Crippen LogP contribution in [0.25, 0.3) is 9.81 Å². The van der Waals surface area contributed by atoms with Crippen LogP contribution in [0.5, 0.6) is 0 Å². The topological polar surface area (TPSA) is 34.1 Å². The van der Waals surface area contributed by atoms with Crippen molar-refractivity contribution >= 4 is 19.6 Å². The molecule has 1 aliphatic heterocycles. The number of hydrogen-bond acceptors (Lipinski definition) is 2. The van der Waals surface area contributed by atoms with Gasteiger partial charge in [0.2, 0.25) is 9.84 Å². The van der Waals surface area contributed by atoms with Crippen molar-refractivity contribution in [3.63, 3.8) is 0 Å². The SMILES string of the molecule is CCCCCCc1ccc(C2=CC=C(c3ccc(C)cc3)S2(=O)=O)cc1. The van der Waals surface area contributed by atoms with Gasteiger partial charge in [-0.05, 0) is 48.6 Å². The van der Waals surface area contributed by atoms with E-state index in [-0.39, 0.29) is 0 Å². The number of rotatable bonds is 7. The highest BCUT2D eigenvalue weighted by Crippen LogP contribution is 2.37. The zero-order chi connectivity index (χ0) is 18.6. The van der Waals surface area contributed by atoms with Crippen molar-refractivity contribution in [1.82, 2.24) is 0 Å². The third-order valence-corrected chi connectivity index (χ3v) is 6.76. The van der Waals surface area contributed by atoms with Crippen LogP contribution >= 0.6 is 0 Å². The van der Waals surface area contributed by atoms with E-state index in [0.717, 1.165) is 23.1 Å². The highest BCUT2D eigenvalue weighted by Gasteiger charge is 2.29. The highest BCUT2D eigenvalue weighted by molar-refractivity contribution is 8.09. The standard InChI is InChI=1S/C23H26O2S/c1-3-4-5-6-7-19-10-14-21(15-11-19)23-17-16-22(26(23,24)25)20-12-8-18(2)9-13-20/h8-17H,3-7H2,1-2H3. The Balaban J connectivity index is 1.74. The Bertz CT molecular complexity index is 915. The number of sulfone groups is 1. The molecule has 0 aromatic heterocycles. The van der Waals surface area contributed by atoms with Crippen LogP contribution in [-0.4, -0.2) is 8.42 Å². The summed E-state index contributed by atoms with van der Waals surface area (Å²) >= 11 is 0. The summed E-state index contributed by atoms with van der Waals surface area (Å²) in [6.45, 7) is 4.21. The van der Waals surface area contributed by atoms with Crippen molar-refractivity contribution in [3.8, 4) is 0 Å². The van der Waals surface area contributed by atoms with E-state index in [2.05, 4.69) is 19.1 Å². The van der Waals surface area contributed by atoms with Crippen LogP contribution in [0, 0.1) is 6.92 Å². The first-order valence-electron chi connectivity index (χ1n) is 9.36. The van der Waals surface area contributed by atoms with Crippen LogP contribution in [-0.2, 0) is 16.3 Å². The lowest BCUT2D eigenvalue weighted by Gasteiger charge is -2.09. The molecule has 0 spiro atoms. The van der Waals surface area contributed by atoms with E-state index >= 15 is 0 Å². The lowest BCUT2D eigenvalue weighted by molar-refractivity contribution is 0.615. The summed E-state index contributed by atoms with van der Waals surface area (Å²) in [6, 6.07) is 15.6. The molecule has 0 fully saturated rings. The normalized spacial score (nSPS) is 15.6. The third-order valence-electron chi connectivity index (χ3n) is 4.86. The molecule has 2 nitrogen and oxygen atoms in total. The number of allylic oxidation sites excluding steroid dienone is 2. The van der Waals surface area contributed by atoms with Crippen LogP contribution in [0.15, 0.2) is 60.7 Å². The van der Waals surface area contributed by atoms with Gasteiger partial charge in [-0.1, -0.05) is 80.3 Å². The van der Waals surface area contributed by atoms with Crippen molar-refractivity contribution in [1.29, 1.82) is 0 Å². The summed E-state index contributed by atoms with van der Waals surface area (Å²) in [5, 5.41) is 0. The quantitative estimate of drug-likeness (QED) is 0.569. The van der Waals surface area contributed by atoms with Gasteiger partial charge in [-0.2, -0.15) is 0 Å². The lowest BCUT2D eigenvalue weighted by atomic mass is 10.0. The maximum atomic E-state index is 13.0. The fraction of sp³-hybridized carbons (Fsp3) is 0.304. The number of hydrogen-bond donors (Lipinski definition) is 0. The molecule has 0 bridgehead atoms. The number of benzene rings is 2. The summed E-state index contributed by atoms with van der Waals surface area (Å²) in [6.07, 6.45) is 9.45. The smallest absolute Gasteiger partial charge is 0.207 e. The summed E-state index contributed by atoms with van der Waals surface area (Å²) in [5.41, 5.74) is 3.90. The third kappa shape index (κ3) is 3.99. The summed E-state index contributed by atoms with van der Waals surface area (Å²) < 4.78 is 25.9. The molecule has 1 heterocycles. The van der Waals surface area contributed by atoms with Crippen LogP contribution in [0.3, 0.4) is 0 Å². The Morgan fingerprint density at radius 3 is 1.81 bits per heavy atom. The average molecular weight is 367 g/mol. The van der Waals surface area contributed by atoms with Gasteiger partial charge in [0, 0.05) is 0 Å². The Labute approximate surface area is 157 Å². The van der Waals surface area contributed by atoms with Crippen molar-refractivity contribution in [3.05, 3.63) is 82.9 Å². The van der Waals surface area contributed by atoms with Gasteiger partial charge in [0.15, 0.2) is 0 Å². The molecule has 0 saturated carbocycles. The Morgan fingerprint density at radius 2 is 1.27 bits per heavy atom. The van der Waals surface area contributed by atoms with E-state index in [0.29, 0.717) is 9.81 Å². The molecule has 26 heavy (non-hydrogen) atoms. The molecule has 2 aromatic carbocycles. The van der Waals surface area contributed by atoms with Gasteiger partial charge in [0.25, 0.3) is 0 Å². The van der Waals surface area contributed by atoms with E-state index in [1.807, 2.05) is 43.3 Å². The maximum absolute atomic E-state index is 13.0. The monoisotopic (exact) mass is 366 g/mol. The first-order valence-corrected chi connectivity index (χ1v) is 10.8. The predicted molar refractivity (Wildman–Crippen MR) is 110 cm³/mol. The van der Waals surface area contributed by atoms with E-state index in [4.69, 9.17) is 0 Å². The molecule has 0 N–H and O–H groups in total.